The van der Waals surface area contributed by atoms with Crippen LogP contribution in [0.2, 0.25) is 0 Å². The molecule has 3 heterocycles. The second kappa shape index (κ2) is 9.60. The van der Waals surface area contributed by atoms with Crippen LogP contribution in [-0.4, -0.2) is 80.9 Å². The highest BCUT2D eigenvalue weighted by atomic mass is 19.4. The van der Waals surface area contributed by atoms with Gasteiger partial charge in [-0.3, -0.25) is 9.69 Å². The van der Waals surface area contributed by atoms with Gasteiger partial charge in [0, 0.05) is 64.6 Å². The maximum absolute atomic E-state index is 13.5. The normalized spacial score (nSPS) is 17.4. The minimum absolute atomic E-state index is 0.218. The van der Waals surface area contributed by atoms with Crippen LogP contribution < -0.4 is 10.2 Å². The van der Waals surface area contributed by atoms with Gasteiger partial charge in [0.15, 0.2) is 5.82 Å². The molecule has 1 atom stereocenters. The van der Waals surface area contributed by atoms with E-state index in [4.69, 9.17) is 0 Å². The Labute approximate surface area is 177 Å². The molecule has 1 aliphatic heterocycles. The van der Waals surface area contributed by atoms with E-state index in [1.165, 1.54) is 13.2 Å². The van der Waals surface area contributed by atoms with Crippen LogP contribution in [0.15, 0.2) is 30.9 Å². The van der Waals surface area contributed by atoms with Crippen LogP contribution >= 0.6 is 0 Å². The molecule has 2 aromatic heterocycles. The number of aromatic nitrogens is 4. The molecule has 3 rings (SSSR count). The van der Waals surface area contributed by atoms with Crippen molar-refractivity contribution in [3.05, 3.63) is 36.7 Å². The SMILES string of the molecule is Cn1ccnc1C(O)(CC(=O)NCCCN1CCN(c2ncccn2)CC1)C(F)(F)F. The van der Waals surface area contributed by atoms with Crippen LogP contribution in [-0.2, 0) is 17.4 Å². The van der Waals surface area contributed by atoms with Crippen LogP contribution in [0.3, 0.4) is 0 Å². The van der Waals surface area contributed by atoms with Crippen LogP contribution in [0, 0.1) is 0 Å². The lowest BCUT2D eigenvalue weighted by Crippen LogP contribution is -2.48. The molecular weight excluding hydrogens is 415 g/mol. The van der Waals surface area contributed by atoms with Gasteiger partial charge in [0.25, 0.3) is 0 Å². The monoisotopic (exact) mass is 441 g/mol. The van der Waals surface area contributed by atoms with Crippen molar-refractivity contribution in [1.82, 2.24) is 29.7 Å². The van der Waals surface area contributed by atoms with E-state index in [0.717, 1.165) is 36.9 Å². The Kier molecular flexibility index (Phi) is 7.11. The van der Waals surface area contributed by atoms with E-state index in [2.05, 4.69) is 30.1 Å². The predicted octanol–water partition coefficient (Wildman–Crippen LogP) is 0.679. The number of carbonyl (C=O) groups is 1. The van der Waals surface area contributed by atoms with Crippen molar-refractivity contribution in [2.24, 2.45) is 7.05 Å². The molecule has 1 amide bonds. The number of hydrogen-bond donors (Lipinski definition) is 2. The fraction of sp³-hybridized carbons (Fsp3) is 0.579. The Bertz CT molecular complexity index is 854. The van der Waals surface area contributed by atoms with E-state index in [1.54, 1.807) is 18.5 Å². The summed E-state index contributed by atoms with van der Waals surface area (Å²) in [6.07, 6.45) is 0.237. The summed E-state index contributed by atoms with van der Waals surface area (Å²) in [5, 5.41) is 12.7. The Balaban J connectivity index is 1.42. The van der Waals surface area contributed by atoms with Crippen molar-refractivity contribution in [3.63, 3.8) is 0 Å². The third-order valence-electron chi connectivity index (χ3n) is 5.26. The Morgan fingerprint density at radius 2 is 1.81 bits per heavy atom. The molecule has 2 N–H and O–H groups in total. The lowest BCUT2D eigenvalue weighted by Gasteiger charge is -2.34. The molecule has 2 aromatic rings. The zero-order chi connectivity index (χ0) is 22.5. The molecule has 1 fully saturated rings. The highest BCUT2D eigenvalue weighted by Gasteiger charge is 2.58. The first-order valence-corrected chi connectivity index (χ1v) is 9.98. The number of carbonyl (C=O) groups excluding carboxylic acids is 1. The number of halogens is 3. The number of alkyl halides is 3. The topological polar surface area (TPSA) is 99.4 Å². The van der Waals surface area contributed by atoms with E-state index < -0.39 is 29.9 Å². The average molecular weight is 441 g/mol. The minimum Gasteiger partial charge on any atom is -0.374 e. The van der Waals surface area contributed by atoms with Crippen molar-refractivity contribution in [3.8, 4) is 0 Å². The molecule has 0 aromatic carbocycles. The largest absolute Gasteiger partial charge is 0.425 e. The number of aliphatic hydroxyl groups is 1. The predicted molar refractivity (Wildman–Crippen MR) is 106 cm³/mol. The fourth-order valence-corrected chi connectivity index (χ4v) is 3.52. The standard InChI is InChI=1S/C19H26F3N7O2/c1-27-9-7-24-16(27)18(31,19(20,21)22)14-15(30)23-6-3-8-28-10-12-29(13-11-28)17-25-4-2-5-26-17/h2,4-5,7,9,31H,3,6,8,10-14H2,1H3,(H,23,30). The van der Waals surface area contributed by atoms with Crippen LogP contribution in [0.4, 0.5) is 19.1 Å². The molecule has 9 nitrogen and oxygen atoms in total. The first kappa shape index (κ1) is 22.9. The van der Waals surface area contributed by atoms with E-state index in [1.807, 2.05) is 0 Å². The molecule has 1 saturated heterocycles. The van der Waals surface area contributed by atoms with E-state index in [-0.39, 0.29) is 6.54 Å². The van der Waals surface area contributed by atoms with Gasteiger partial charge in [-0.1, -0.05) is 0 Å². The fourth-order valence-electron chi connectivity index (χ4n) is 3.52. The number of nitrogens with one attached hydrogen (secondary N) is 1. The summed E-state index contributed by atoms with van der Waals surface area (Å²) in [5.74, 6) is -0.802. The number of piperazine rings is 1. The van der Waals surface area contributed by atoms with Crippen molar-refractivity contribution in [1.29, 1.82) is 0 Å². The smallest absolute Gasteiger partial charge is 0.374 e. The highest BCUT2D eigenvalue weighted by molar-refractivity contribution is 5.77. The van der Waals surface area contributed by atoms with E-state index in [0.29, 0.717) is 18.9 Å². The van der Waals surface area contributed by atoms with Crippen molar-refractivity contribution < 1.29 is 23.1 Å². The summed E-state index contributed by atoms with van der Waals surface area (Å²) in [4.78, 5) is 28.5. The van der Waals surface area contributed by atoms with Crippen LogP contribution in [0.5, 0.6) is 0 Å². The second-order valence-electron chi connectivity index (χ2n) is 7.48. The van der Waals surface area contributed by atoms with E-state index >= 15 is 0 Å². The summed E-state index contributed by atoms with van der Waals surface area (Å²) >= 11 is 0. The summed E-state index contributed by atoms with van der Waals surface area (Å²) < 4.78 is 41.5. The number of imidazole rings is 1. The molecule has 12 heteroatoms. The second-order valence-corrected chi connectivity index (χ2v) is 7.48. The number of aryl methyl sites for hydroxylation is 1. The molecular formula is C19H26F3N7O2. The Hall–Kier alpha value is -2.73. The van der Waals surface area contributed by atoms with Gasteiger partial charge in [-0.25, -0.2) is 15.0 Å². The number of rotatable bonds is 8. The number of anilines is 1. The molecule has 1 aliphatic rings. The first-order chi connectivity index (χ1) is 14.7. The van der Waals surface area contributed by atoms with Crippen molar-refractivity contribution >= 4 is 11.9 Å². The van der Waals surface area contributed by atoms with Gasteiger partial charge in [-0.2, -0.15) is 13.2 Å². The summed E-state index contributed by atoms with van der Waals surface area (Å²) in [5.41, 5.74) is -3.34. The first-order valence-electron chi connectivity index (χ1n) is 9.98. The molecule has 0 spiro atoms. The van der Waals surface area contributed by atoms with Gasteiger partial charge in [-0.15, -0.1) is 0 Å². The maximum Gasteiger partial charge on any atom is 0.425 e. The maximum atomic E-state index is 13.5. The third-order valence-corrected chi connectivity index (χ3v) is 5.26. The van der Waals surface area contributed by atoms with Gasteiger partial charge in [-0.05, 0) is 19.0 Å². The van der Waals surface area contributed by atoms with Crippen LogP contribution in [0.1, 0.15) is 18.7 Å². The molecule has 170 valence electrons. The molecule has 0 saturated carbocycles. The van der Waals surface area contributed by atoms with Gasteiger partial charge in [0.1, 0.15) is 0 Å². The van der Waals surface area contributed by atoms with Gasteiger partial charge < -0.3 is 19.9 Å². The van der Waals surface area contributed by atoms with Gasteiger partial charge >= 0.3 is 6.18 Å². The molecule has 1 unspecified atom stereocenters. The summed E-state index contributed by atoms with van der Waals surface area (Å²) in [7, 11) is 1.33. The molecule has 31 heavy (non-hydrogen) atoms. The quantitative estimate of drug-likeness (QED) is 0.581. The molecule has 0 aliphatic carbocycles. The van der Waals surface area contributed by atoms with Gasteiger partial charge in [0.05, 0.1) is 6.42 Å². The van der Waals surface area contributed by atoms with Crippen molar-refractivity contribution in [2.75, 3.05) is 44.2 Å². The summed E-state index contributed by atoms with van der Waals surface area (Å²) in [6.45, 7) is 4.08. The Morgan fingerprint density at radius 3 is 2.39 bits per heavy atom. The lowest BCUT2D eigenvalue weighted by atomic mass is 9.97. The highest BCUT2D eigenvalue weighted by Crippen LogP contribution is 2.40. The van der Waals surface area contributed by atoms with Crippen LogP contribution in [0.25, 0.3) is 0 Å². The van der Waals surface area contributed by atoms with Crippen molar-refractivity contribution in [2.45, 2.75) is 24.6 Å². The third kappa shape index (κ3) is 5.50. The summed E-state index contributed by atoms with van der Waals surface area (Å²) in [6, 6.07) is 1.76. The number of nitrogens with zero attached hydrogens (tertiary/aromatic N) is 6. The number of amides is 1. The number of hydrogen-bond acceptors (Lipinski definition) is 7. The zero-order valence-corrected chi connectivity index (χ0v) is 17.2. The zero-order valence-electron chi connectivity index (χ0n) is 17.2. The minimum atomic E-state index is -5.04. The average Bonchev–Trinajstić information content (AvgIpc) is 3.18. The Morgan fingerprint density at radius 1 is 1.13 bits per heavy atom. The van der Waals surface area contributed by atoms with Gasteiger partial charge in [0.2, 0.25) is 17.5 Å². The van der Waals surface area contributed by atoms with E-state index in [9.17, 15) is 23.1 Å². The molecule has 0 bridgehead atoms. The molecule has 0 radical (unpaired) electrons. The lowest BCUT2D eigenvalue weighted by molar-refractivity contribution is -0.271.